The van der Waals surface area contributed by atoms with Gasteiger partial charge in [0.25, 0.3) is 0 Å². The van der Waals surface area contributed by atoms with Crippen molar-refractivity contribution in [3.63, 3.8) is 0 Å². The van der Waals surface area contributed by atoms with Crippen LogP contribution in [0.5, 0.6) is 0 Å². The molecule has 2 rings (SSSR count). The third-order valence-corrected chi connectivity index (χ3v) is 3.77. The van der Waals surface area contributed by atoms with Crippen molar-refractivity contribution in [1.29, 1.82) is 0 Å². The SMILES string of the molecule is CC1CN(Cc2cccc(CNC(C)(C)C)n2)C(C)CO1. The van der Waals surface area contributed by atoms with Crippen LogP contribution in [0.15, 0.2) is 18.2 Å². The summed E-state index contributed by atoms with van der Waals surface area (Å²) >= 11 is 0. The predicted octanol–water partition coefficient (Wildman–Crippen LogP) is 2.58. The molecule has 0 aliphatic carbocycles. The highest BCUT2D eigenvalue weighted by Crippen LogP contribution is 2.14. The molecule has 4 nitrogen and oxygen atoms in total. The molecule has 1 N–H and O–H groups in total. The van der Waals surface area contributed by atoms with Gasteiger partial charge in [-0.2, -0.15) is 0 Å². The Morgan fingerprint density at radius 1 is 1.29 bits per heavy atom. The number of hydrogen-bond acceptors (Lipinski definition) is 4. The summed E-state index contributed by atoms with van der Waals surface area (Å²) < 4.78 is 5.69. The Kier molecular flexibility index (Phi) is 5.36. The van der Waals surface area contributed by atoms with Crippen LogP contribution < -0.4 is 5.32 Å². The molecule has 0 saturated carbocycles. The molecule has 0 amide bonds. The molecule has 2 heterocycles. The third-order valence-electron chi connectivity index (χ3n) is 3.77. The zero-order valence-corrected chi connectivity index (χ0v) is 14.0. The molecule has 1 aromatic heterocycles. The largest absolute Gasteiger partial charge is 0.376 e. The first-order valence-electron chi connectivity index (χ1n) is 7.89. The minimum Gasteiger partial charge on any atom is -0.376 e. The molecule has 4 heteroatoms. The zero-order chi connectivity index (χ0) is 15.5. The highest BCUT2D eigenvalue weighted by Gasteiger charge is 2.23. The second-order valence-electron chi connectivity index (χ2n) is 7.15. The summed E-state index contributed by atoms with van der Waals surface area (Å²) in [5.74, 6) is 0. The molecular formula is C17H29N3O. The van der Waals surface area contributed by atoms with Gasteiger partial charge in [-0.3, -0.25) is 9.88 Å². The normalized spacial score (nSPS) is 24.2. The Bertz CT molecular complexity index is 456. The number of morpholine rings is 1. The number of nitrogens with zero attached hydrogens (tertiary/aromatic N) is 2. The molecule has 0 radical (unpaired) electrons. The lowest BCUT2D eigenvalue weighted by molar-refractivity contribution is -0.0530. The maximum absolute atomic E-state index is 5.69. The molecule has 118 valence electrons. The van der Waals surface area contributed by atoms with E-state index in [0.29, 0.717) is 12.1 Å². The van der Waals surface area contributed by atoms with Crippen LogP contribution in [0, 0.1) is 0 Å². The maximum Gasteiger partial charge on any atom is 0.0674 e. The van der Waals surface area contributed by atoms with Gasteiger partial charge in [0.15, 0.2) is 0 Å². The Labute approximate surface area is 128 Å². The summed E-state index contributed by atoms with van der Waals surface area (Å²) in [6.07, 6.45) is 0.312. The minimum absolute atomic E-state index is 0.117. The van der Waals surface area contributed by atoms with Gasteiger partial charge in [-0.25, -0.2) is 0 Å². The molecule has 1 aliphatic heterocycles. The van der Waals surface area contributed by atoms with Crippen LogP contribution in [0.4, 0.5) is 0 Å². The molecule has 1 aliphatic rings. The molecule has 0 aromatic carbocycles. The van der Waals surface area contributed by atoms with E-state index in [1.54, 1.807) is 0 Å². The smallest absolute Gasteiger partial charge is 0.0674 e. The summed E-state index contributed by atoms with van der Waals surface area (Å²) in [5, 5.41) is 3.49. The predicted molar refractivity (Wildman–Crippen MR) is 86.1 cm³/mol. The van der Waals surface area contributed by atoms with Gasteiger partial charge in [0, 0.05) is 31.2 Å². The van der Waals surface area contributed by atoms with Crippen LogP contribution >= 0.6 is 0 Å². The van der Waals surface area contributed by atoms with Crippen molar-refractivity contribution in [1.82, 2.24) is 15.2 Å². The zero-order valence-electron chi connectivity index (χ0n) is 14.0. The summed E-state index contributed by atoms with van der Waals surface area (Å²) in [7, 11) is 0. The van der Waals surface area contributed by atoms with E-state index in [2.05, 4.69) is 63.0 Å². The second kappa shape index (κ2) is 6.86. The number of hydrogen-bond donors (Lipinski definition) is 1. The van der Waals surface area contributed by atoms with Crippen LogP contribution in [0.25, 0.3) is 0 Å². The van der Waals surface area contributed by atoms with Gasteiger partial charge in [-0.15, -0.1) is 0 Å². The monoisotopic (exact) mass is 291 g/mol. The fraction of sp³-hybridized carbons (Fsp3) is 0.706. The van der Waals surface area contributed by atoms with E-state index in [1.165, 1.54) is 0 Å². The lowest BCUT2D eigenvalue weighted by Gasteiger charge is -2.36. The van der Waals surface area contributed by atoms with E-state index in [4.69, 9.17) is 9.72 Å². The molecule has 1 fully saturated rings. The fourth-order valence-corrected chi connectivity index (χ4v) is 2.47. The average Bonchev–Trinajstić information content (AvgIpc) is 2.40. The fourth-order valence-electron chi connectivity index (χ4n) is 2.47. The molecular weight excluding hydrogens is 262 g/mol. The van der Waals surface area contributed by atoms with Crippen molar-refractivity contribution >= 4 is 0 Å². The van der Waals surface area contributed by atoms with Gasteiger partial charge in [0.1, 0.15) is 0 Å². The van der Waals surface area contributed by atoms with Crippen molar-refractivity contribution < 1.29 is 4.74 Å². The second-order valence-corrected chi connectivity index (χ2v) is 7.15. The number of pyridine rings is 1. The van der Waals surface area contributed by atoms with Crippen molar-refractivity contribution in [2.24, 2.45) is 0 Å². The lowest BCUT2D eigenvalue weighted by Crippen LogP contribution is -2.46. The molecule has 0 spiro atoms. The summed E-state index contributed by atoms with van der Waals surface area (Å²) in [6.45, 7) is 14.4. The van der Waals surface area contributed by atoms with Gasteiger partial charge < -0.3 is 10.1 Å². The third kappa shape index (κ3) is 5.38. The van der Waals surface area contributed by atoms with Gasteiger partial charge in [-0.05, 0) is 46.8 Å². The number of aromatic nitrogens is 1. The Morgan fingerprint density at radius 3 is 2.71 bits per heavy atom. The molecule has 0 bridgehead atoms. The maximum atomic E-state index is 5.69. The van der Waals surface area contributed by atoms with Crippen molar-refractivity contribution in [2.45, 2.75) is 65.4 Å². The Morgan fingerprint density at radius 2 is 2.00 bits per heavy atom. The topological polar surface area (TPSA) is 37.4 Å². The van der Waals surface area contributed by atoms with Crippen LogP contribution in [-0.2, 0) is 17.8 Å². The van der Waals surface area contributed by atoms with Crippen LogP contribution in [-0.4, -0.2) is 40.7 Å². The van der Waals surface area contributed by atoms with Crippen molar-refractivity contribution in [2.75, 3.05) is 13.2 Å². The van der Waals surface area contributed by atoms with Crippen LogP contribution in [0.3, 0.4) is 0 Å². The molecule has 2 unspecified atom stereocenters. The first-order valence-corrected chi connectivity index (χ1v) is 7.89. The first-order chi connectivity index (χ1) is 9.83. The van der Waals surface area contributed by atoms with E-state index in [1.807, 2.05) is 0 Å². The average molecular weight is 291 g/mol. The van der Waals surface area contributed by atoms with E-state index in [-0.39, 0.29) is 5.54 Å². The van der Waals surface area contributed by atoms with E-state index < -0.39 is 0 Å². The Balaban J connectivity index is 1.97. The van der Waals surface area contributed by atoms with Crippen LogP contribution in [0.2, 0.25) is 0 Å². The van der Waals surface area contributed by atoms with Crippen molar-refractivity contribution in [3.8, 4) is 0 Å². The molecule has 21 heavy (non-hydrogen) atoms. The van der Waals surface area contributed by atoms with Gasteiger partial charge >= 0.3 is 0 Å². The number of nitrogens with one attached hydrogen (secondary N) is 1. The van der Waals surface area contributed by atoms with Crippen LogP contribution in [0.1, 0.15) is 46.0 Å². The van der Waals surface area contributed by atoms with E-state index >= 15 is 0 Å². The molecule has 2 atom stereocenters. The molecule has 1 aromatic rings. The standard InChI is InChI=1S/C17H29N3O/c1-13-12-21-14(2)10-20(13)11-16-8-6-7-15(19-16)9-18-17(3,4)5/h6-8,13-14,18H,9-12H2,1-5H3. The summed E-state index contributed by atoms with van der Waals surface area (Å²) in [4.78, 5) is 7.24. The molecule has 1 saturated heterocycles. The highest BCUT2D eigenvalue weighted by molar-refractivity contribution is 5.11. The quantitative estimate of drug-likeness (QED) is 0.925. The summed E-state index contributed by atoms with van der Waals surface area (Å²) in [6, 6.07) is 6.77. The Hall–Kier alpha value is -0.970. The van der Waals surface area contributed by atoms with Crippen molar-refractivity contribution in [3.05, 3.63) is 29.6 Å². The van der Waals surface area contributed by atoms with E-state index in [0.717, 1.165) is 37.6 Å². The highest BCUT2D eigenvalue weighted by atomic mass is 16.5. The van der Waals surface area contributed by atoms with Gasteiger partial charge in [0.2, 0.25) is 0 Å². The van der Waals surface area contributed by atoms with Gasteiger partial charge in [-0.1, -0.05) is 6.07 Å². The lowest BCUT2D eigenvalue weighted by atomic mass is 10.1. The first kappa shape index (κ1) is 16.4. The minimum atomic E-state index is 0.117. The number of ether oxygens (including phenoxy) is 1. The summed E-state index contributed by atoms with van der Waals surface area (Å²) in [5.41, 5.74) is 2.37. The van der Waals surface area contributed by atoms with Gasteiger partial charge in [0.05, 0.1) is 24.1 Å². The number of rotatable bonds is 4. The van der Waals surface area contributed by atoms with E-state index in [9.17, 15) is 0 Å².